The van der Waals surface area contributed by atoms with Crippen molar-refractivity contribution in [2.45, 2.75) is 290 Å². The van der Waals surface area contributed by atoms with Gasteiger partial charge < -0.3 is 20.1 Å². The second kappa shape index (κ2) is 65.6. The summed E-state index contributed by atoms with van der Waals surface area (Å²) < 4.78 is 33.1. The van der Waals surface area contributed by atoms with Gasteiger partial charge in [-0.3, -0.25) is 18.6 Å². The van der Waals surface area contributed by atoms with Crippen LogP contribution in [0.25, 0.3) is 0 Å². The molecule has 0 amide bonds. The first kappa shape index (κ1) is 77.4. The predicted molar refractivity (Wildman–Crippen MR) is 348 cm³/mol. The van der Waals surface area contributed by atoms with Crippen LogP contribution in [0, 0.1) is 0 Å². The Morgan fingerprint density at radius 2 is 0.679 bits per heavy atom. The van der Waals surface area contributed by atoms with E-state index < -0.39 is 26.5 Å². The van der Waals surface area contributed by atoms with Crippen molar-refractivity contribution >= 4 is 19.8 Å². The predicted octanol–water partition coefficient (Wildman–Crippen LogP) is 21.5. The van der Waals surface area contributed by atoms with Gasteiger partial charge in [-0.05, 0) is 109 Å². The Balaban J connectivity index is 3.96. The first-order valence-corrected chi connectivity index (χ1v) is 34.5. The van der Waals surface area contributed by atoms with E-state index >= 15 is 0 Å². The summed E-state index contributed by atoms with van der Waals surface area (Å²) in [5.41, 5.74) is 5.39. The van der Waals surface area contributed by atoms with Gasteiger partial charge in [0.15, 0.2) is 6.10 Å². The molecule has 0 bridgehead atoms. The molecule has 2 atom stereocenters. The number of allylic oxidation sites excluding steroid dienone is 20. The molecule has 0 saturated heterocycles. The van der Waals surface area contributed by atoms with Gasteiger partial charge in [0.25, 0.3) is 0 Å². The van der Waals surface area contributed by atoms with Crippen molar-refractivity contribution in [3.63, 3.8) is 0 Å². The minimum atomic E-state index is -4.41. The minimum absolute atomic E-state index is 0.0445. The van der Waals surface area contributed by atoms with Gasteiger partial charge in [-0.25, -0.2) is 4.57 Å². The molecule has 9 nitrogen and oxygen atoms in total. The SMILES string of the molecule is CC/C=C\C/C=C\C/C=C\C/C=C\C/C=C\C/C=C\C/C=C\CCCCCCCC(=O)OC(COC(=O)CCCCCCCCCCCCCCCCCCCC/C=C\C/C=C\C/C=C\CCCCCCC)COP(=O)(O)OCCN. The van der Waals surface area contributed by atoms with E-state index in [1.54, 1.807) is 0 Å². The van der Waals surface area contributed by atoms with Crippen LogP contribution in [0.3, 0.4) is 0 Å². The molecule has 0 aliphatic heterocycles. The van der Waals surface area contributed by atoms with Gasteiger partial charge in [0.2, 0.25) is 0 Å². The third-order valence-electron chi connectivity index (χ3n) is 13.8. The smallest absolute Gasteiger partial charge is 0.462 e. The van der Waals surface area contributed by atoms with E-state index in [1.165, 1.54) is 141 Å². The Kier molecular flexibility index (Phi) is 62.7. The lowest BCUT2D eigenvalue weighted by atomic mass is 10.0. The fourth-order valence-corrected chi connectivity index (χ4v) is 9.74. The zero-order chi connectivity index (χ0) is 58.7. The number of nitrogens with two attached hydrogens (primary N) is 1. The van der Waals surface area contributed by atoms with Crippen molar-refractivity contribution in [1.82, 2.24) is 0 Å². The average molecular weight is 1150 g/mol. The second-order valence-corrected chi connectivity index (χ2v) is 23.1. The Hall–Kier alpha value is -3.59. The molecule has 0 aromatic heterocycles. The van der Waals surface area contributed by atoms with Crippen LogP contribution in [-0.2, 0) is 32.7 Å². The Labute approximate surface area is 498 Å². The molecule has 3 N–H and O–H groups in total. The van der Waals surface area contributed by atoms with Crippen molar-refractivity contribution in [2.24, 2.45) is 5.73 Å². The van der Waals surface area contributed by atoms with E-state index in [2.05, 4.69) is 135 Å². The lowest BCUT2D eigenvalue weighted by Gasteiger charge is -2.19. The molecule has 0 spiro atoms. The summed E-state index contributed by atoms with van der Waals surface area (Å²) in [6.45, 7) is 3.61. The molecule has 81 heavy (non-hydrogen) atoms. The van der Waals surface area contributed by atoms with Crippen molar-refractivity contribution in [3.8, 4) is 0 Å². The third-order valence-corrected chi connectivity index (χ3v) is 14.8. The summed E-state index contributed by atoms with van der Waals surface area (Å²) in [5, 5.41) is 0. The monoisotopic (exact) mass is 1150 g/mol. The van der Waals surface area contributed by atoms with Crippen molar-refractivity contribution in [2.75, 3.05) is 26.4 Å². The van der Waals surface area contributed by atoms with Crippen molar-refractivity contribution in [3.05, 3.63) is 122 Å². The second-order valence-electron chi connectivity index (χ2n) is 21.6. The zero-order valence-electron chi connectivity index (χ0n) is 52.0. The van der Waals surface area contributed by atoms with Gasteiger partial charge in [-0.2, -0.15) is 0 Å². The lowest BCUT2D eigenvalue weighted by molar-refractivity contribution is -0.161. The number of ether oxygens (including phenoxy) is 2. The summed E-state index contributed by atoms with van der Waals surface area (Å²) in [6.07, 6.45) is 91.3. The molecule has 0 rings (SSSR count). The number of esters is 2. The molecule has 0 saturated carbocycles. The van der Waals surface area contributed by atoms with E-state index in [0.717, 1.165) is 109 Å². The van der Waals surface area contributed by atoms with Crippen LogP contribution >= 0.6 is 7.82 Å². The third kappa shape index (κ3) is 65.4. The van der Waals surface area contributed by atoms with E-state index in [-0.39, 0.29) is 38.6 Å². The van der Waals surface area contributed by atoms with Crippen molar-refractivity contribution in [1.29, 1.82) is 0 Å². The first-order valence-electron chi connectivity index (χ1n) is 33.0. The number of hydrogen-bond acceptors (Lipinski definition) is 8. The fraction of sp³-hybridized carbons (Fsp3) is 0.690. The quantitative estimate of drug-likeness (QED) is 0.0264. The van der Waals surface area contributed by atoms with Crippen LogP contribution in [0.4, 0.5) is 0 Å². The molecule has 0 aliphatic carbocycles. The highest BCUT2D eigenvalue weighted by Crippen LogP contribution is 2.43. The first-order chi connectivity index (χ1) is 39.8. The Bertz CT molecular complexity index is 1740. The van der Waals surface area contributed by atoms with Crippen LogP contribution in [0.1, 0.15) is 284 Å². The molecule has 464 valence electrons. The summed E-state index contributed by atoms with van der Waals surface area (Å²) >= 11 is 0. The van der Waals surface area contributed by atoms with E-state index in [1.807, 2.05) is 0 Å². The van der Waals surface area contributed by atoms with E-state index in [4.69, 9.17) is 24.3 Å². The summed E-state index contributed by atoms with van der Waals surface area (Å²) in [7, 11) is -4.41. The molecule has 0 aromatic rings. The van der Waals surface area contributed by atoms with Gasteiger partial charge in [0.1, 0.15) is 6.61 Å². The number of phosphoric acid groups is 1. The van der Waals surface area contributed by atoms with Crippen molar-refractivity contribution < 1.29 is 37.6 Å². The number of phosphoric ester groups is 1. The fourth-order valence-electron chi connectivity index (χ4n) is 8.98. The lowest BCUT2D eigenvalue weighted by Crippen LogP contribution is -2.29. The molecule has 0 aromatic carbocycles. The molecule has 0 heterocycles. The Morgan fingerprint density at radius 1 is 0.383 bits per heavy atom. The summed E-state index contributed by atoms with van der Waals surface area (Å²) in [4.78, 5) is 35.3. The zero-order valence-corrected chi connectivity index (χ0v) is 52.9. The number of carbonyl (C=O) groups is 2. The summed E-state index contributed by atoms with van der Waals surface area (Å²) in [5.74, 6) is -0.850. The maximum Gasteiger partial charge on any atom is 0.472 e. The highest BCUT2D eigenvalue weighted by atomic mass is 31.2. The number of carbonyl (C=O) groups excluding carboxylic acids is 2. The molecular formula is C71H122NO8P. The van der Waals surface area contributed by atoms with Crippen LogP contribution in [0.15, 0.2) is 122 Å². The van der Waals surface area contributed by atoms with Gasteiger partial charge in [0, 0.05) is 19.4 Å². The average Bonchev–Trinajstić information content (AvgIpc) is 3.46. The number of unbranched alkanes of at least 4 members (excludes halogenated alkanes) is 28. The highest BCUT2D eigenvalue weighted by Gasteiger charge is 2.26. The maximum absolute atomic E-state index is 12.7. The largest absolute Gasteiger partial charge is 0.472 e. The van der Waals surface area contributed by atoms with Crippen LogP contribution < -0.4 is 5.73 Å². The molecule has 10 heteroatoms. The molecule has 0 radical (unpaired) electrons. The van der Waals surface area contributed by atoms with E-state index in [0.29, 0.717) is 6.42 Å². The van der Waals surface area contributed by atoms with Gasteiger partial charge in [-0.1, -0.05) is 283 Å². The molecule has 2 unspecified atom stereocenters. The van der Waals surface area contributed by atoms with E-state index in [9.17, 15) is 19.0 Å². The number of rotatable bonds is 61. The van der Waals surface area contributed by atoms with Crippen LogP contribution in [0.2, 0.25) is 0 Å². The number of hydrogen-bond donors (Lipinski definition) is 2. The van der Waals surface area contributed by atoms with Crippen LogP contribution in [0.5, 0.6) is 0 Å². The molecular weight excluding hydrogens is 1030 g/mol. The van der Waals surface area contributed by atoms with Gasteiger partial charge in [0.05, 0.1) is 13.2 Å². The van der Waals surface area contributed by atoms with Gasteiger partial charge in [-0.15, -0.1) is 0 Å². The standard InChI is InChI=1S/C71H122NO8P/c1-3-5-7-9-11-13-15-17-19-21-23-25-27-29-31-32-33-34-35-36-38-39-41-43-45-47-49-51-53-55-57-59-61-63-70(73)77-67-69(68-79-81(75,76)78-66-65-72)80-71(74)64-62-60-58-56-54-52-50-48-46-44-42-40-37-30-28-26-24-22-20-18-16-14-12-10-8-6-4-2/h6,8,12,14-15,17-18,20-21,23-24,26-27,29-30,37,42,44,48,50,69H,3-5,7,9-11,13,16,19,22,25,28,31-36,38-41,43,45-47,49,51-68,72H2,1-2H3,(H,75,76)/b8-6-,14-12-,17-15-,20-18-,23-21-,26-24-,29-27-,37-30-,44-42-,50-48-. The minimum Gasteiger partial charge on any atom is -0.462 e. The highest BCUT2D eigenvalue weighted by molar-refractivity contribution is 7.47. The topological polar surface area (TPSA) is 134 Å². The normalized spacial score (nSPS) is 13.8. The van der Waals surface area contributed by atoms with Gasteiger partial charge >= 0.3 is 19.8 Å². The summed E-state index contributed by atoms with van der Waals surface area (Å²) in [6, 6.07) is 0. The maximum atomic E-state index is 12.7. The molecule has 0 fully saturated rings. The van der Waals surface area contributed by atoms with Crippen LogP contribution in [-0.4, -0.2) is 49.3 Å². The Morgan fingerprint density at radius 3 is 1.01 bits per heavy atom. The molecule has 0 aliphatic rings.